The molecule has 20 heavy (non-hydrogen) atoms. The van der Waals surface area contributed by atoms with Crippen LogP contribution in [0.4, 0.5) is 4.39 Å². The minimum absolute atomic E-state index is 0.233. The third-order valence-electron chi connectivity index (χ3n) is 2.36. The molecule has 0 aliphatic carbocycles. The Bertz CT molecular complexity index is 516. The highest BCUT2D eigenvalue weighted by atomic mass is 31.2. The average molecular weight is 303 g/mol. The number of hydrogen-bond donors (Lipinski definition) is 1. The largest absolute Gasteiger partial charge is 0.465 e. The van der Waals surface area contributed by atoms with Gasteiger partial charge in [0.2, 0.25) is 0 Å². The Hall–Kier alpha value is -1.39. The van der Waals surface area contributed by atoms with Gasteiger partial charge in [-0.2, -0.15) is 0 Å². The van der Waals surface area contributed by atoms with Crippen molar-refractivity contribution in [2.75, 3.05) is 13.3 Å². The fraction of sp³-hybridized carbons (Fsp3) is 0.462. The van der Waals surface area contributed by atoms with E-state index in [2.05, 4.69) is 5.09 Å². The molecule has 112 valence electrons. The Morgan fingerprint density at radius 1 is 1.35 bits per heavy atom. The highest BCUT2D eigenvalue weighted by molar-refractivity contribution is 7.56. The van der Waals surface area contributed by atoms with Gasteiger partial charge in [0.15, 0.2) is 0 Å². The first-order chi connectivity index (χ1) is 9.16. The fourth-order valence-corrected chi connectivity index (χ4v) is 3.26. The number of benzene rings is 1. The van der Waals surface area contributed by atoms with Crippen molar-refractivity contribution in [3.05, 3.63) is 30.1 Å². The summed E-state index contributed by atoms with van der Waals surface area (Å²) >= 11 is 0. The first-order valence-electron chi connectivity index (χ1n) is 6.15. The van der Waals surface area contributed by atoms with Crippen molar-refractivity contribution in [2.45, 2.75) is 26.3 Å². The van der Waals surface area contributed by atoms with Gasteiger partial charge in [-0.3, -0.25) is 9.36 Å². The third kappa shape index (κ3) is 4.94. The van der Waals surface area contributed by atoms with Crippen molar-refractivity contribution in [2.24, 2.45) is 0 Å². The zero-order chi connectivity index (χ0) is 15.4. The van der Waals surface area contributed by atoms with Crippen LogP contribution in [-0.4, -0.2) is 24.8 Å². The van der Waals surface area contributed by atoms with Gasteiger partial charge in [-0.25, -0.2) is 9.48 Å². The predicted octanol–water partition coefficient (Wildman–Crippen LogP) is 2.96. The van der Waals surface area contributed by atoms with Crippen LogP contribution in [0.25, 0.3) is 0 Å². The van der Waals surface area contributed by atoms with E-state index < -0.39 is 24.8 Å². The number of carbonyl (C=O) groups excluding carboxylic acids is 1. The molecule has 0 saturated heterocycles. The van der Waals surface area contributed by atoms with Gasteiger partial charge in [0.1, 0.15) is 17.1 Å². The molecule has 1 N–H and O–H groups in total. The van der Waals surface area contributed by atoms with Gasteiger partial charge in [0, 0.05) is 6.66 Å². The molecule has 0 saturated carbocycles. The van der Waals surface area contributed by atoms with E-state index in [9.17, 15) is 13.8 Å². The second-order valence-corrected chi connectivity index (χ2v) is 6.95. The number of hydrogen-bond acceptors (Lipinski definition) is 4. The first-order valence-corrected chi connectivity index (χ1v) is 8.23. The topological polar surface area (TPSA) is 64.6 Å². The summed E-state index contributed by atoms with van der Waals surface area (Å²) in [7, 11) is -3.30. The lowest BCUT2D eigenvalue weighted by Crippen LogP contribution is -2.46. The van der Waals surface area contributed by atoms with Crippen LogP contribution in [0.15, 0.2) is 24.3 Å². The van der Waals surface area contributed by atoms with Gasteiger partial charge >= 0.3 is 13.5 Å². The Balaban J connectivity index is 2.76. The Kier molecular flexibility index (Phi) is 5.31. The fourth-order valence-electron chi connectivity index (χ4n) is 1.58. The van der Waals surface area contributed by atoms with Crippen LogP contribution in [0.5, 0.6) is 5.75 Å². The number of rotatable bonds is 6. The number of carbonyl (C=O) groups is 1. The summed E-state index contributed by atoms with van der Waals surface area (Å²) in [5, 5.41) is 2.65. The van der Waals surface area contributed by atoms with Crippen molar-refractivity contribution in [1.82, 2.24) is 5.09 Å². The second kappa shape index (κ2) is 6.37. The van der Waals surface area contributed by atoms with E-state index in [-0.39, 0.29) is 12.4 Å². The lowest BCUT2D eigenvalue weighted by atomic mass is 10.1. The molecule has 0 bridgehead atoms. The number of nitrogens with one attached hydrogen (secondary N) is 1. The van der Waals surface area contributed by atoms with Gasteiger partial charge in [0.05, 0.1) is 6.61 Å². The third-order valence-corrected chi connectivity index (χ3v) is 3.89. The predicted molar refractivity (Wildman–Crippen MR) is 74.4 cm³/mol. The van der Waals surface area contributed by atoms with E-state index in [0.29, 0.717) is 0 Å². The number of esters is 1. The molecule has 0 unspecified atom stereocenters. The maximum absolute atomic E-state index is 12.8. The van der Waals surface area contributed by atoms with Gasteiger partial charge in [0.25, 0.3) is 0 Å². The lowest BCUT2D eigenvalue weighted by Gasteiger charge is -2.27. The van der Waals surface area contributed by atoms with Crippen molar-refractivity contribution in [1.29, 1.82) is 0 Å². The molecule has 0 fully saturated rings. The summed E-state index contributed by atoms with van der Waals surface area (Å²) in [4.78, 5) is 11.7. The summed E-state index contributed by atoms with van der Waals surface area (Å²) < 4.78 is 35.3. The molecule has 1 aromatic carbocycles. The second-order valence-electron chi connectivity index (χ2n) is 4.85. The van der Waals surface area contributed by atoms with Crippen molar-refractivity contribution in [3.8, 4) is 5.75 Å². The van der Waals surface area contributed by atoms with E-state index in [1.165, 1.54) is 30.9 Å². The molecule has 0 aliphatic rings. The van der Waals surface area contributed by atoms with Gasteiger partial charge in [-0.1, -0.05) is 0 Å². The van der Waals surface area contributed by atoms with Crippen LogP contribution >= 0.6 is 7.52 Å². The molecule has 0 spiro atoms. The summed E-state index contributed by atoms with van der Waals surface area (Å²) in [6.07, 6.45) is 0. The molecule has 0 heterocycles. The molecular formula is C13H19FNO4P. The van der Waals surface area contributed by atoms with E-state index >= 15 is 0 Å². The molecule has 1 atom stereocenters. The molecule has 1 aromatic rings. The lowest BCUT2D eigenvalue weighted by molar-refractivity contribution is -0.149. The summed E-state index contributed by atoms with van der Waals surface area (Å²) in [5.74, 6) is -0.683. The summed E-state index contributed by atoms with van der Waals surface area (Å²) in [6, 6.07) is 5.13. The van der Waals surface area contributed by atoms with Gasteiger partial charge in [-0.15, -0.1) is 0 Å². The molecule has 0 radical (unpaired) electrons. The van der Waals surface area contributed by atoms with Gasteiger partial charge < -0.3 is 9.26 Å². The zero-order valence-corrected chi connectivity index (χ0v) is 12.9. The van der Waals surface area contributed by atoms with Crippen molar-refractivity contribution >= 4 is 13.5 Å². The minimum atomic E-state index is -3.30. The maximum Gasteiger partial charge on any atom is 0.326 e. The summed E-state index contributed by atoms with van der Waals surface area (Å²) in [5.41, 5.74) is -1.15. The smallest absolute Gasteiger partial charge is 0.326 e. The molecular weight excluding hydrogens is 284 g/mol. The molecule has 5 nitrogen and oxygen atoms in total. The van der Waals surface area contributed by atoms with E-state index in [1.54, 1.807) is 20.8 Å². The number of halogens is 1. The average Bonchev–Trinajstić information content (AvgIpc) is 2.30. The SMILES string of the molecule is CCOC(=O)C(C)(C)N[P@](C)(=O)Oc1ccc(F)cc1. The normalized spacial score (nSPS) is 14.4. The van der Waals surface area contributed by atoms with Crippen molar-refractivity contribution < 1.29 is 23.0 Å². The van der Waals surface area contributed by atoms with Crippen LogP contribution in [0.2, 0.25) is 0 Å². The Labute approximate surface area is 118 Å². The summed E-state index contributed by atoms with van der Waals surface area (Å²) in [6.45, 7) is 6.37. The van der Waals surface area contributed by atoms with E-state index in [1.807, 2.05) is 0 Å². The standard InChI is InChI=1S/C13H19FNO4P/c1-5-18-12(16)13(2,3)15-20(4,17)19-11-8-6-10(14)7-9-11/h6-9H,5H2,1-4H3,(H,15,17)/t20-/m1/s1. The molecule has 0 aliphatic heterocycles. The Morgan fingerprint density at radius 3 is 2.40 bits per heavy atom. The Morgan fingerprint density at radius 2 is 1.90 bits per heavy atom. The highest BCUT2D eigenvalue weighted by Gasteiger charge is 2.35. The molecule has 0 amide bonds. The molecule has 0 aromatic heterocycles. The first kappa shape index (κ1) is 16.7. The minimum Gasteiger partial charge on any atom is -0.465 e. The van der Waals surface area contributed by atoms with Crippen LogP contribution in [0, 0.1) is 5.82 Å². The van der Waals surface area contributed by atoms with Crippen molar-refractivity contribution in [3.63, 3.8) is 0 Å². The van der Waals surface area contributed by atoms with Gasteiger partial charge in [-0.05, 0) is 45.0 Å². The van der Waals surface area contributed by atoms with Crippen LogP contribution < -0.4 is 9.61 Å². The van der Waals surface area contributed by atoms with Crippen LogP contribution in [0.3, 0.4) is 0 Å². The highest BCUT2D eigenvalue weighted by Crippen LogP contribution is 2.41. The molecule has 7 heteroatoms. The van der Waals surface area contributed by atoms with Crippen LogP contribution in [-0.2, 0) is 14.1 Å². The number of ether oxygens (including phenoxy) is 1. The maximum atomic E-state index is 12.8. The van der Waals surface area contributed by atoms with E-state index in [4.69, 9.17) is 9.26 Å². The quantitative estimate of drug-likeness (QED) is 0.646. The van der Waals surface area contributed by atoms with Crippen LogP contribution in [0.1, 0.15) is 20.8 Å². The molecule has 1 rings (SSSR count). The monoisotopic (exact) mass is 303 g/mol. The zero-order valence-electron chi connectivity index (χ0n) is 12.0. The van der Waals surface area contributed by atoms with E-state index in [0.717, 1.165) is 0 Å².